The van der Waals surface area contributed by atoms with Gasteiger partial charge in [-0.2, -0.15) is 0 Å². The van der Waals surface area contributed by atoms with Gasteiger partial charge < -0.3 is 14.8 Å². The van der Waals surface area contributed by atoms with E-state index in [1.54, 1.807) is 12.1 Å². The Labute approximate surface area is 112 Å². The fraction of sp³-hybridized carbons (Fsp3) is 0.615. The molecule has 1 saturated heterocycles. The second-order valence-electron chi connectivity index (χ2n) is 4.60. The van der Waals surface area contributed by atoms with Crippen molar-refractivity contribution < 1.29 is 14.3 Å². The minimum atomic E-state index is -0.493. The lowest BCUT2D eigenvalue weighted by molar-refractivity contribution is 0.0592. The van der Waals surface area contributed by atoms with Crippen molar-refractivity contribution in [1.29, 1.82) is 0 Å². The van der Waals surface area contributed by atoms with Gasteiger partial charge in [0, 0.05) is 6.07 Å². The average molecular weight is 265 g/mol. The van der Waals surface area contributed by atoms with Crippen molar-refractivity contribution in [3.05, 3.63) is 17.8 Å². The number of hydrogen-bond acceptors (Lipinski definition) is 6. The number of piperidine rings is 1. The number of rotatable bonds is 5. The van der Waals surface area contributed by atoms with Crippen LogP contribution in [0.2, 0.25) is 0 Å². The molecule has 2 heterocycles. The fourth-order valence-corrected chi connectivity index (χ4v) is 2.11. The maximum Gasteiger partial charge on any atom is 0.358 e. The summed E-state index contributed by atoms with van der Waals surface area (Å²) in [6.45, 7) is 2.81. The molecule has 6 nitrogen and oxygen atoms in total. The Balaban J connectivity index is 1.75. The number of esters is 1. The van der Waals surface area contributed by atoms with Gasteiger partial charge in [0.1, 0.15) is 0 Å². The zero-order valence-corrected chi connectivity index (χ0v) is 11.1. The molecular formula is C13H19N3O3. The number of hydrogen-bond donors (Lipinski definition) is 1. The minimum Gasteiger partial charge on any atom is -0.477 e. The van der Waals surface area contributed by atoms with Crippen LogP contribution >= 0.6 is 0 Å². The van der Waals surface area contributed by atoms with E-state index in [4.69, 9.17) is 4.74 Å². The summed E-state index contributed by atoms with van der Waals surface area (Å²) in [7, 11) is 1.31. The lowest BCUT2D eigenvalue weighted by atomic mass is 9.97. The molecule has 6 heteroatoms. The summed E-state index contributed by atoms with van der Waals surface area (Å²) < 4.78 is 10.1. The first-order valence-corrected chi connectivity index (χ1v) is 6.55. The molecule has 104 valence electrons. The molecule has 1 fully saturated rings. The number of methoxy groups -OCH3 is 1. The van der Waals surface area contributed by atoms with Crippen LogP contribution in [0.25, 0.3) is 0 Å². The van der Waals surface area contributed by atoms with Crippen LogP contribution < -0.4 is 10.1 Å². The summed E-state index contributed by atoms with van der Waals surface area (Å²) in [5.74, 6) is 0.625. The molecule has 1 aliphatic heterocycles. The van der Waals surface area contributed by atoms with Crippen molar-refractivity contribution in [3.8, 4) is 5.88 Å². The van der Waals surface area contributed by atoms with E-state index in [9.17, 15) is 4.79 Å². The summed E-state index contributed by atoms with van der Waals surface area (Å²) in [4.78, 5) is 11.2. The molecule has 1 atom stereocenters. The lowest BCUT2D eigenvalue weighted by Gasteiger charge is -2.22. The maximum atomic E-state index is 11.2. The van der Waals surface area contributed by atoms with Crippen LogP contribution in [0.1, 0.15) is 29.8 Å². The monoisotopic (exact) mass is 265 g/mol. The quantitative estimate of drug-likeness (QED) is 0.802. The normalized spacial score (nSPS) is 18.9. The van der Waals surface area contributed by atoms with Gasteiger partial charge in [0.2, 0.25) is 5.88 Å². The van der Waals surface area contributed by atoms with E-state index in [0.717, 1.165) is 19.5 Å². The zero-order chi connectivity index (χ0) is 13.5. The van der Waals surface area contributed by atoms with Crippen LogP contribution in [-0.4, -0.2) is 43.0 Å². The number of nitrogens with one attached hydrogen (secondary N) is 1. The van der Waals surface area contributed by atoms with E-state index >= 15 is 0 Å². The first-order chi connectivity index (χ1) is 9.29. The van der Waals surface area contributed by atoms with E-state index < -0.39 is 5.97 Å². The Morgan fingerprint density at radius 2 is 2.37 bits per heavy atom. The summed E-state index contributed by atoms with van der Waals surface area (Å²) in [5, 5.41) is 11.0. The van der Waals surface area contributed by atoms with Crippen molar-refractivity contribution >= 4 is 5.97 Å². The zero-order valence-electron chi connectivity index (χ0n) is 11.1. The van der Waals surface area contributed by atoms with Crippen LogP contribution in [0.15, 0.2) is 12.1 Å². The summed E-state index contributed by atoms with van der Waals surface area (Å²) in [6.07, 6.45) is 3.50. The smallest absolute Gasteiger partial charge is 0.358 e. The van der Waals surface area contributed by atoms with Gasteiger partial charge in [-0.1, -0.05) is 0 Å². The summed E-state index contributed by atoms with van der Waals surface area (Å²) >= 11 is 0. The van der Waals surface area contributed by atoms with Gasteiger partial charge in [0.05, 0.1) is 13.7 Å². The second kappa shape index (κ2) is 7.04. The van der Waals surface area contributed by atoms with Crippen LogP contribution in [0.5, 0.6) is 5.88 Å². The van der Waals surface area contributed by atoms with Gasteiger partial charge in [-0.3, -0.25) is 0 Å². The molecule has 1 aromatic rings. The van der Waals surface area contributed by atoms with Gasteiger partial charge in [-0.15, -0.1) is 10.2 Å². The molecule has 0 radical (unpaired) electrons. The van der Waals surface area contributed by atoms with Gasteiger partial charge >= 0.3 is 5.97 Å². The van der Waals surface area contributed by atoms with Gasteiger partial charge in [-0.25, -0.2) is 4.79 Å². The molecule has 2 rings (SSSR count). The molecule has 0 amide bonds. The molecular weight excluding hydrogens is 246 g/mol. The Morgan fingerprint density at radius 3 is 3.00 bits per heavy atom. The van der Waals surface area contributed by atoms with E-state index in [2.05, 4.69) is 20.3 Å². The highest BCUT2D eigenvalue weighted by atomic mass is 16.5. The van der Waals surface area contributed by atoms with Crippen LogP contribution in [0.4, 0.5) is 0 Å². The highest BCUT2D eigenvalue weighted by molar-refractivity contribution is 5.86. The standard InChI is InChI=1S/C13H19N3O3/c1-18-13(17)11-4-5-12(16-15-11)19-8-6-10-3-2-7-14-9-10/h4-5,10,14H,2-3,6-9H2,1H3. The molecule has 19 heavy (non-hydrogen) atoms. The molecule has 1 N–H and O–H groups in total. The molecule has 0 bridgehead atoms. The molecule has 0 aliphatic carbocycles. The van der Waals surface area contributed by atoms with Gasteiger partial charge in [-0.05, 0) is 44.3 Å². The first kappa shape index (κ1) is 13.7. The highest BCUT2D eigenvalue weighted by Gasteiger charge is 2.13. The Bertz CT molecular complexity index is 402. The van der Waals surface area contributed by atoms with Gasteiger partial charge in [0.15, 0.2) is 5.69 Å². The molecule has 1 unspecified atom stereocenters. The van der Waals surface area contributed by atoms with Gasteiger partial charge in [0.25, 0.3) is 0 Å². The van der Waals surface area contributed by atoms with Crippen molar-refractivity contribution in [1.82, 2.24) is 15.5 Å². The lowest BCUT2D eigenvalue weighted by Crippen LogP contribution is -2.30. The number of carbonyl (C=O) groups excluding carboxylic acids is 1. The largest absolute Gasteiger partial charge is 0.477 e. The maximum absolute atomic E-state index is 11.2. The van der Waals surface area contributed by atoms with E-state index in [1.807, 2.05) is 0 Å². The molecule has 1 aliphatic rings. The minimum absolute atomic E-state index is 0.186. The predicted molar refractivity (Wildman–Crippen MR) is 69.1 cm³/mol. The average Bonchev–Trinajstić information content (AvgIpc) is 2.48. The molecule has 0 saturated carbocycles. The van der Waals surface area contributed by atoms with Crippen LogP contribution in [0, 0.1) is 5.92 Å². The number of nitrogens with zero attached hydrogens (tertiary/aromatic N) is 2. The van der Waals surface area contributed by atoms with Crippen LogP contribution in [-0.2, 0) is 4.74 Å². The van der Waals surface area contributed by atoms with Crippen molar-refractivity contribution in [2.45, 2.75) is 19.3 Å². The molecule has 0 spiro atoms. The Kier molecular flexibility index (Phi) is 5.09. The second-order valence-corrected chi connectivity index (χ2v) is 4.60. The van der Waals surface area contributed by atoms with Crippen molar-refractivity contribution in [2.75, 3.05) is 26.8 Å². The number of ether oxygens (including phenoxy) is 2. The highest BCUT2D eigenvalue weighted by Crippen LogP contribution is 2.14. The number of carbonyl (C=O) groups is 1. The Hall–Kier alpha value is -1.69. The fourth-order valence-electron chi connectivity index (χ4n) is 2.11. The topological polar surface area (TPSA) is 73.3 Å². The summed E-state index contributed by atoms with van der Waals surface area (Å²) in [6, 6.07) is 3.19. The summed E-state index contributed by atoms with van der Waals surface area (Å²) in [5.41, 5.74) is 0.186. The number of aromatic nitrogens is 2. The third kappa shape index (κ3) is 4.17. The van der Waals surface area contributed by atoms with Crippen molar-refractivity contribution in [2.24, 2.45) is 5.92 Å². The molecule has 1 aromatic heterocycles. The first-order valence-electron chi connectivity index (χ1n) is 6.55. The van der Waals surface area contributed by atoms with E-state index in [1.165, 1.54) is 20.0 Å². The Morgan fingerprint density at radius 1 is 1.47 bits per heavy atom. The van der Waals surface area contributed by atoms with E-state index in [0.29, 0.717) is 18.4 Å². The van der Waals surface area contributed by atoms with E-state index in [-0.39, 0.29) is 5.69 Å². The SMILES string of the molecule is COC(=O)c1ccc(OCCC2CCCNC2)nn1. The third-order valence-electron chi connectivity index (χ3n) is 3.21. The predicted octanol–water partition coefficient (Wildman–Crippen LogP) is 1.03. The van der Waals surface area contributed by atoms with Crippen LogP contribution in [0.3, 0.4) is 0 Å². The molecule has 0 aromatic carbocycles. The van der Waals surface area contributed by atoms with Crippen molar-refractivity contribution in [3.63, 3.8) is 0 Å². The third-order valence-corrected chi connectivity index (χ3v) is 3.21.